The predicted molar refractivity (Wildman–Crippen MR) is 123 cm³/mol. The molecule has 0 aliphatic heterocycles. The molecule has 0 saturated heterocycles. The number of imidazole rings is 1. The number of aryl methyl sites for hydroxylation is 2. The van der Waals surface area contributed by atoms with Crippen molar-refractivity contribution in [3.05, 3.63) is 74.7 Å². The molecular formula is C24H26N4O4. The molecule has 0 spiro atoms. The van der Waals surface area contributed by atoms with Gasteiger partial charge in [0.15, 0.2) is 11.2 Å². The summed E-state index contributed by atoms with van der Waals surface area (Å²) in [6.07, 6.45) is 2.44. The zero-order valence-corrected chi connectivity index (χ0v) is 18.3. The highest BCUT2D eigenvalue weighted by Gasteiger charge is 2.19. The molecule has 8 nitrogen and oxygen atoms in total. The molecule has 4 rings (SSSR count). The Hall–Kier alpha value is -3.68. The van der Waals surface area contributed by atoms with Gasteiger partial charge in [-0.15, -0.1) is 0 Å². The highest BCUT2D eigenvalue weighted by atomic mass is 16.5. The number of rotatable bonds is 8. The largest absolute Gasteiger partial charge is 0.454 e. The van der Waals surface area contributed by atoms with E-state index in [0.717, 1.165) is 30.0 Å². The molecule has 0 unspecified atom stereocenters. The highest BCUT2D eigenvalue weighted by molar-refractivity contribution is 5.95. The molecule has 2 aromatic heterocycles. The lowest BCUT2D eigenvalue weighted by molar-refractivity contribution is 0.0458. The molecule has 0 fully saturated rings. The number of hydrogen-bond donors (Lipinski definition) is 1. The molecule has 0 atom stereocenters. The quantitative estimate of drug-likeness (QED) is 0.427. The number of nitrogens with zero attached hydrogens (tertiary/aromatic N) is 3. The van der Waals surface area contributed by atoms with Gasteiger partial charge in [0.25, 0.3) is 5.56 Å². The fourth-order valence-electron chi connectivity index (χ4n) is 3.85. The van der Waals surface area contributed by atoms with Crippen LogP contribution < -0.4 is 11.2 Å². The van der Waals surface area contributed by atoms with E-state index in [-0.39, 0.29) is 6.61 Å². The third-order valence-electron chi connectivity index (χ3n) is 5.46. The third-order valence-corrected chi connectivity index (χ3v) is 5.46. The second-order valence-corrected chi connectivity index (χ2v) is 7.75. The van der Waals surface area contributed by atoms with Crippen molar-refractivity contribution in [1.82, 2.24) is 19.1 Å². The van der Waals surface area contributed by atoms with E-state index in [4.69, 9.17) is 4.74 Å². The van der Waals surface area contributed by atoms with Gasteiger partial charge in [-0.3, -0.25) is 14.3 Å². The fraction of sp³-hybridized carbons (Fsp3) is 0.333. The highest BCUT2D eigenvalue weighted by Crippen LogP contribution is 2.18. The predicted octanol–water partition coefficient (Wildman–Crippen LogP) is 3.61. The summed E-state index contributed by atoms with van der Waals surface area (Å²) in [6.45, 7) is 4.90. The van der Waals surface area contributed by atoms with Gasteiger partial charge in [-0.05, 0) is 35.7 Å². The van der Waals surface area contributed by atoms with Gasteiger partial charge in [0.1, 0.15) is 12.4 Å². The molecule has 0 amide bonds. The van der Waals surface area contributed by atoms with Gasteiger partial charge in [-0.25, -0.2) is 14.6 Å². The molecule has 32 heavy (non-hydrogen) atoms. The van der Waals surface area contributed by atoms with Crippen LogP contribution in [0.3, 0.4) is 0 Å². The lowest BCUT2D eigenvalue weighted by Gasteiger charge is -2.09. The zero-order valence-electron chi connectivity index (χ0n) is 18.3. The van der Waals surface area contributed by atoms with Crippen molar-refractivity contribution in [3.8, 4) is 0 Å². The normalized spacial score (nSPS) is 11.3. The van der Waals surface area contributed by atoms with Crippen LogP contribution in [0.1, 0.15) is 49.3 Å². The van der Waals surface area contributed by atoms with Crippen molar-refractivity contribution >= 4 is 27.9 Å². The first kappa shape index (κ1) is 21.5. The molecule has 166 valence electrons. The van der Waals surface area contributed by atoms with Crippen molar-refractivity contribution in [3.63, 3.8) is 0 Å². The Kier molecular flexibility index (Phi) is 6.20. The van der Waals surface area contributed by atoms with Crippen LogP contribution in [0.25, 0.3) is 21.9 Å². The second-order valence-electron chi connectivity index (χ2n) is 7.75. The molecule has 0 aliphatic carbocycles. The number of fused-ring (bicyclic) bond motifs is 2. The van der Waals surface area contributed by atoms with E-state index in [1.54, 1.807) is 16.7 Å². The van der Waals surface area contributed by atoms with Crippen molar-refractivity contribution < 1.29 is 9.53 Å². The van der Waals surface area contributed by atoms with Crippen molar-refractivity contribution in [2.24, 2.45) is 0 Å². The minimum Gasteiger partial charge on any atom is -0.454 e. The van der Waals surface area contributed by atoms with Crippen molar-refractivity contribution in [1.29, 1.82) is 0 Å². The smallest absolute Gasteiger partial charge is 0.338 e. The number of carbonyl (C=O) groups is 1. The van der Waals surface area contributed by atoms with Crippen LogP contribution in [0.5, 0.6) is 0 Å². The number of aromatic amines is 1. The van der Waals surface area contributed by atoms with Gasteiger partial charge in [0.05, 0.1) is 5.56 Å². The Labute approximate surface area is 184 Å². The number of H-pyrrole nitrogens is 1. The average molecular weight is 434 g/mol. The maximum atomic E-state index is 12.7. The molecule has 0 saturated carbocycles. The number of ether oxygens (including phenoxy) is 1. The molecule has 0 bridgehead atoms. The van der Waals surface area contributed by atoms with Crippen molar-refractivity contribution in [2.45, 2.75) is 52.8 Å². The van der Waals surface area contributed by atoms with E-state index >= 15 is 0 Å². The number of esters is 1. The van der Waals surface area contributed by atoms with E-state index in [2.05, 4.69) is 9.97 Å². The first-order chi connectivity index (χ1) is 15.5. The number of aromatic nitrogens is 4. The SMILES string of the molecule is CCCCn1c(=O)[nH]c(=O)c2c1nc(COC(=O)c1ccc3ccccc3c1)n2CCC. The van der Waals surface area contributed by atoms with Gasteiger partial charge in [-0.2, -0.15) is 0 Å². The zero-order chi connectivity index (χ0) is 22.7. The first-order valence-electron chi connectivity index (χ1n) is 10.9. The summed E-state index contributed by atoms with van der Waals surface area (Å²) in [5, 5.41) is 1.99. The van der Waals surface area contributed by atoms with Gasteiger partial charge in [-0.1, -0.05) is 50.6 Å². The number of benzene rings is 2. The maximum Gasteiger partial charge on any atom is 0.338 e. The van der Waals surface area contributed by atoms with E-state index in [9.17, 15) is 14.4 Å². The van der Waals surface area contributed by atoms with Crippen LogP contribution >= 0.6 is 0 Å². The molecule has 2 heterocycles. The van der Waals surface area contributed by atoms with Crippen LogP contribution in [0.15, 0.2) is 52.1 Å². The molecule has 2 aromatic carbocycles. The van der Waals surface area contributed by atoms with Crippen LogP contribution in [-0.4, -0.2) is 25.1 Å². The summed E-state index contributed by atoms with van der Waals surface area (Å²) in [4.78, 5) is 44.6. The monoisotopic (exact) mass is 434 g/mol. The Bertz CT molecular complexity index is 1400. The number of unbranched alkanes of at least 4 members (excludes halogenated alkanes) is 1. The Morgan fingerprint density at radius 1 is 1.00 bits per heavy atom. The summed E-state index contributed by atoms with van der Waals surface area (Å²) >= 11 is 0. The Balaban J connectivity index is 1.67. The summed E-state index contributed by atoms with van der Waals surface area (Å²) < 4.78 is 8.78. The second kappa shape index (κ2) is 9.21. The number of nitrogens with one attached hydrogen (secondary N) is 1. The minimum absolute atomic E-state index is 0.0955. The van der Waals surface area contributed by atoms with Gasteiger partial charge in [0, 0.05) is 13.1 Å². The number of hydrogen-bond acceptors (Lipinski definition) is 5. The molecule has 0 aliphatic rings. The minimum atomic E-state index is -0.481. The standard InChI is InChI=1S/C24H26N4O4/c1-3-5-13-28-21-20(22(29)26-24(28)31)27(12-4-2)19(25-21)15-32-23(30)18-11-10-16-8-6-7-9-17(16)14-18/h6-11,14H,3-5,12-13,15H2,1-2H3,(H,26,29,31). The van der Waals surface area contributed by atoms with Crippen LogP contribution in [0.4, 0.5) is 0 Å². The average Bonchev–Trinajstić information content (AvgIpc) is 3.15. The summed E-state index contributed by atoms with van der Waals surface area (Å²) in [7, 11) is 0. The summed E-state index contributed by atoms with van der Waals surface area (Å²) in [5.41, 5.74) is 0.152. The number of carbonyl (C=O) groups excluding carboxylic acids is 1. The molecular weight excluding hydrogens is 408 g/mol. The molecule has 8 heteroatoms. The van der Waals surface area contributed by atoms with Gasteiger partial charge in [0.2, 0.25) is 0 Å². The lowest BCUT2D eigenvalue weighted by atomic mass is 10.1. The lowest BCUT2D eigenvalue weighted by Crippen LogP contribution is -2.31. The van der Waals surface area contributed by atoms with E-state index in [1.807, 2.05) is 44.2 Å². The summed E-state index contributed by atoms with van der Waals surface area (Å²) in [5.74, 6) is -0.0273. The van der Waals surface area contributed by atoms with Gasteiger partial charge < -0.3 is 9.30 Å². The van der Waals surface area contributed by atoms with E-state index in [1.165, 1.54) is 4.57 Å². The third kappa shape index (κ3) is 4.08. The molecule has 4 aromatic rings. The molecule has 1 N–H and O–H groups in total. The van der Waals surface area contributed by atoms with E-state index < -0.39 is 17.2 Å². The maximum absolute atomic E-state index is 12.7. The summed E-state index contributed by atoms with van der Waals surface area (Å²) in [6, 6.07) is 13.2. The van der Waals surface area contributed by atoms with Crippen LogP contribution in [0.2, 0.25) is 0 Å². The van der Waals surface area contributed by atoms with Crippen LogP contribution in [-0.2, 0) is 24.4 Å². The van der Waals surface area contributed by atoms with Gasteiger partial charge >= 0.3 is 11.7 Å². The Morgan fingerprint density at radius 2 is 1.78 bits per heavy atom. The topological polar surface area (TPSA) is 99.0 Å². The Morgan fingerprint density at radius 3 is 2.53 bits per heavy atom. The van der Waals surface area contributed by atoms with Crippen molar-refractivity contribution in [2.75, 3.05) is 0 Å². The first-order valence-corrected chi connectivity index (χ1v) is 10.9. The fourth-order valence-corrected chi connectivity index (χ4v) is 3.85. The van der Waals surface area contributed by atoms with Crippen LogP contribution in [0, 0.1) is 0 Å². The molecule has 0 radical (unpaired) electrons. The van der Waals surface area contributed by atoms with E-state index in [0.29, 0.717) is 35.6 Å².